The minimum Gasteiger partial charge on any atom is -0.284 e. The predicted molar refractivity (Wildman–Crippen MR) is 79.0 cm³/mol. The van der Waals surface area contributed by atoms with Gasteiger partial charge in [-0.25, -0.2) is 8.42 Å². The largest absolute Gasteiger partial charge is 0.284 e. The third-order valence-corrected chi connectivity index (χ3v) is 4.44. The van der Waals surface area contributed by atoms with E-state index in [1.54, 1.807) is 6.92 Å². The molecule has 8 nitrogen and oxygen atoms in total. The Labute approximate surface area is 122 Å². The van der Waals surface area contributed by atoms with E-state index in [2.05, 4.69) is 19.6 Å². The van der Waals surface area contributed by atoms with Gasteiger partial charge in [0.25, 0.3) is 10.0 Å². The number of hydrogen-bond donors (Lipinski definition) is 3. The minimum atomic E-state index is -3.74. The van der Waals surface area contributed by atoms with E-state index in [9.17, 15) is 16.8 Å². The van der Waals surface area contributed by atoms with Crippen molar-refractivity contribution in [1.82, 2.24) is 10.2 Å². The summed E-state index contributed by atoms with van der Waals surface area (Å²) in [7, 11) is -7.13. The van der Waals surface area contributed by atoms with Crippen LogP contribution in [0.25, 0.3) is 0 Å². The number of aryl methyl sites for hydroxylation is 1. The summed E-state index contributed by atoms with van der Waals surface area (Å²) < 4.78 is 51.1. The summed E-state index contributed by atoms with van der Waals surface area (Å²) in [4.78, 5) is 0. The van der Waals surface area contributed by atoms with Gasteiger partial charge in [0, 0.05) is 5.69 Å². The van der Waals surface area contributed by atoms with Crippen LogP contribution in [-0.2, 0) is 20.0 Å². The van der Waals surface area contributed by atoms with E-state index in [-0.39, 0.29) is 5.03 Å². The molecule has 1 aromatic heterocycles. The summed E-state index contributed by atoms with van der Waals surface area (Å²) >= 11 is 0. The number of rotatable bonds is 5. The molecule has 0 saturated heterocycles. The first-order valence-electron chi connectivity index (χ1n) is 5.78. The quantitative estimate of drug-likeness (QED) is 0.752. The lowest BCUT2D eigenvalue weighted by Gasteiger charge is -2.11. The number of nitrogens with zero attached hydrogens (tertiary/aromatic N) is 1. The number of hydrogen-bond acceptors (Lipinski definition) is 5. The number of aromatic nitrogens is 2. The van der Waals surface area contributed by atoms with E-state index < -0.39 is 20.0 Å². The zero-order valence-electron chi connectivity index (χ0n) is 11.3. The van der Waals surface area contributed by atoms with Crippen molar-refractivity contribution in [3.8, 4) is 0 Å². The Morgan fingerprint density at radius 2 is 1.81 bits per heavy atom. The van der Waals surface area contributed by atoms with Crippen LogP contribution in [0, 0.1) is 6.92 Å². The molecule has 2 rings (SSSR count). The molecule has 3 N–H and O–H groups in total. The Morgan fingerprint density at radius 3 is 2.33 bits per heavy atom. The Kier molecular flexibility index (Phi) is 3.92. The highest BCUT2D eigenvalue weighted by Gasteiger charge is 2.16. The van der Waals surface area contributed by atoms with Gasteiger partial charge in [-0.15, -0.1) is 0 Å². The van der Waals surface area contributed by atoms with Crippen molar-refractivity contribution >= 4 is 31.4 Å². The monoisotopic (exact) mass is 330 g/mol. The fourth-order valence-corrected chi connectivity index (χ4v) is 3.23. The van der Waals surface area contributed by atoms with Crippen molar-refractivity contribution in [2.75, 3.05) is 15.7 Å². The first-order valence-corrected chi connectivity index (χ1v) is 9.15. The SMILES string of the molecule is Cc1cc(NS(=O)(=O)c2ccn[nH]2)ccc1NS(C)(=O)=O. The highest BCUT2D eigenvalue weighted by molar-refractivity contribution is 7.92. The average molecular weight is 330 g/mol. The van der Waals surface area contributed by atoms with Crippen LogP contribution < -0.4 is 9.44 Å². The molecule has 0 aliphatic heterocycles. The van der Waals surface area contributed by atoms with Gasteiger partial charge in [-0.05, 0) is 36.8 Å². The van der Waals surface area contributed by atoms with Crippen molar-refractivity contribution in [2.45, 2.75) is 11.9 Å². The van der Waals surface area contributed by atoms with Crippen LogP contribution in [0.4, 0.5) is 11.4 Å². The first kappa shape index (κ1) is 15.3. The number of benzene rings is 1. The molecule has 21 heavy (non-hydrogen) atoms. The molecular formula is C11H14N4O4S2. The van der Waals surface area contributed by atoms with Gasteiger partial charge in [0.2, 0.25) is 10.0 Å². The predicted octanol–water partition coefficient (Wildman–Crippen LogP) is 0.890. The van der Waals surface area contributed by atoms with Crippen molar-refractivity contribution in [1.29, 1.82) is 0 Å². The van der Waals surface area contributed by atoms with Crippen LogP contribution in [0.2, 0.25) is 0 Å². The van der Waals surface area contributed by atoms with Gasteiger partial charge >= 0.3 is 0 Å². The molecule has 0 radical (unpaired) electrons. The van der Waals surface area contributed by atoms with E-state index in [1.807, 2.05) is 0 Å². The lowest BCUT2D eigenvalue weighted by molar-refractivity contribution is 0.597. The van der Waals surface area contributed by atoms with Gasteiger partial charge in [0.15, 0.2) is 5.03 Å². The Hall–Kier alpha value is -2.07. The summed E-state index contributed by atoms with van der Waals surface area (Å²) in [6.45, 7) is 1.67. The molecule has 0 unspecified atom stereocenters. The molecule has 0 saturated carbocycles. The average Bonchev–Trinajstić information content (AvgIpc) is 2.85. The maximum Gasteiger partial charge on any atom is 0.278 e. The number of nitrogens with one attached hydrogen (secondary N) is 3. The zero-order valence-corrected chi connectivity index (χ0v) is 12.9. The lowest BCUT2D eigenvalue weighted by atomic mass is 10.2. The smallest absolute Gasteiger partial charge is 0.278 e. The van der Waals surface area contributed by atoms with E-state index in [1.165, 1.54) is 30.5 Å². The van der Waals surface area contributed by atoms with Crippen molar-refractivity contribution in [2.24, 2.45) is 0 Å². The van der Waals surface area contributed by atoms with Gasteiger partial charge in [0.05, 0.1) is 18.1 Å². The van der Waals surface area contributed by atoms with Crippen molar-refractivity contribution in [3.05, 3.63) is 36.0 Å². The maximum atomic E-state index is 12.0. The molecule has 2 aromatic rings. The summed E-state index contributed by atoms with van der Waals surface area (Å²) in [5.74, 6) is 0. The fourth-order valence-electron chi connectivity index (χ4n) is 1.64. The Balaban J connectivity index is 2.25. The van der Waals surface area contributed by atoms with Gasteiger partial charge in [-0.1, -0.05) is 0 Å². The molecule has 0 spiro atoms. The second-order valence-electron chi connectivity index (χ2n) is 4.43. The molecule has 0 bridgehead atoms. The highest BCUT2D eigenvalue weighted by atomic mass is 32.2. The van der Waals surface area contributed by atoms with Crippen LogP contribution in [0.1, 0.15) is 5.56 Å². The van der Waals surface area contributed by atoms with Crippen LogP contribution in [0.15, 0.2) is 35.5 Å². The van der Waals surface area contributed by atoms with Crippen molar-refractivity contribution < 1.29 is 16.8 Å². The van der Waals surface area contributed by atoms with E-state index in [4.69, 9.17) is 0 Å². The minimum absolute atomic E-state index is 0.0570. The topological polar surface area (TPSA) is 121 Å². The highest BCUT2D eigenvalue weighted by Crippen LogP contribution is 2.22. The molecule has 0 atom stereocenters. The third-order valence-electron chi connectivity index (χ3n) is 2.54. The van der Waals surface area contributed by atoms with Gasteiger partial charge in [0.1, 0.15) is 0 Å². The Morgan fingerprint density at radius 1 is 1.10 bits per heavy atom. The molecule has 0 amide bonds. The van der Waals surface area contributed by atoms with Crippen LogP contribution in [-0.4, -0.2) is 33.3 Å². The molecule has 1 heterocycles. The second kappa shape index (κ2) is 5.37. The molecule has 1 aromatic carbocycles. The number of sulfonamides is 2. The summed E-state index contributed by atoms with van der Waals surface area (Å²) in [6.07, 6.45) is 2.38. The first-order chi connectivity index (χ1) is 9.67. The molecule has 114 valence electrons. The normalized spacial score (nSPS) is 12.1. The van der Waals surface area contributed by atoms with Crippen molar-refractivity contribution in [3.63, 3.8) is 0 Å². The molecule has 0 aliphatic rings. The van der Waals surface area contributed by atoms with Crippen LogP contribution >= 0.6 is 0 Å². The molecule has 0 fully saturated rings. The van der Waals surface area contributed by atoms with E-state index in [0.29, 0.717) is 16.9 Å². The van der Waals surface area contributed by atoms with Gasteiger partial charge < -0.3 is 0 Å². The number of aromatic amines is 1. The van der Waals surface area contributed by atoms with Gasteiger partial charge in [-0.2, -0.15) is 13.5 Å². The number of H-pyrrole nitrogens is 1. The second-order valence-corrected chi connectivity index (χ2v) is 7.83. The van der Waals surface area contributed by atoms with Gasteiger partial charge in [-0.3, -0.25) is 14.5 Å². The molecular weight excluding hydrogens is 316 g/mol. The lowest BCUT2D eigenvalue weighted by Crippen LogP contribution is -2.14. The fraction of sp³-hybridized carbons (Fsp3) is 0.182. The summed E-state index contributed by atoms with van der Waals surface area (Å²) in [6, 6.07) is 5.81. The number of anilines is 2. The maximum absolute atomic E-state index is 12.0. The summed E-state index contributed by atoms with van der Waals surface area (Å²) in [5.41, 5.74) is 1.30. The van der Waals surface area contributed by atoms with Crippen LogP contribution in [0.5, 0.6) is 0 Å². The van der Waals surface area contributed by atoms with Crippen LogP contribution in [0.3, 0.4) is 0 Å². The van der Waals surface area contributed by atoms with E-state index in [0.717, 1.165) is 6.26 Å². The van der Waals surface area contributed by atoms with E-state index >= 15 is 0 Å². The third kappa shape index (κ3) is 3.95. The zero-order chi connectivity index (χ0) is 15.7. The molecule has 0 aliphatic carbocycles. The standard InChI is InChI=1S/C11H14N4O4S2/c1-8-7-9(3-4-10(8)15-20(2,16)17)14-21(18,19)11-5-6-12-13-11/h3-7,14-15H,1-2H3,(H,12,13). The Bertz CT molecular complexity index is 842. The molecule has 10 heteroatoms. The summed E-state index contributed by atoms with van der Waals surface area (Å²) in [5, 5.41) is 5.89.